The number of nitrogens with zero attached hydrogens (tertiary/aromatic N) is 2. The first-order valence-electron chi connectivity index (χ1n) is 5.25. The van der Waals surface area contributed by atoms with Crippen LogP contribution < -0.4 is 5.73 Å². The van der Waals surface area contributed by atoms with Gasteiger partial charge in [-0.3, -0.25) is 0 Å². The third-order valence-electron chi connectivity index (χ3n) is 2.49. The summed E-state index contributed by atoms with van der Waals surface area (Å²) in [5.41, 5.74) is 5.96. The predicted molar refractivity (Wildman–Crippen MR) is 52.5 cm³/mol. The van der Waals surface area contributed by atoms with Crippen molar-refractivity contribution in [2.75, 3.05) is 0 Å². The lowest BCUT2D eigenvalue weighted by atomic mass is 10.1. The zero-order chi connectivity index (χ0) is 10.1. The zero-order valence-electron chi connectivity index (χ0n) is 8.73. The minimum Gasteiger partial charge on any atom is -0.339 e. The van der Waals surface area contributed by atoms with Gasteiger partial charge in [-0.05, 0) is 24.7 Å². The Balaban J connectivity index is 2.01. The number of nitrogens with two attached hydrogens (primary N) is 1. The van der Waals surface area contributed by atoms with Crippen LogP contribution in [-0.2, 0) is 6.42 Å². The monoisotopic (exact) mass is 195 g/mol. The Hall–Kier alpha value is -0.900. The van der Waals surface area contributed by atoms with Gasteiger partial charge in [0.15, 0.2) is 5.82 Å². The Kier molecular flexibility index (Phi) is 2.54. The van der Waals surface area contributed by atoms with Crippen LogP contribution in [-0.4, -0.2) is 10.1 Å². The third-order valence-corrected chi connectivity index (χ3v) is 2.49. The molecule has 0 bridgehead atoms. The molecule has 14 heavy (non-hydrogen) atoms. The van der Waals surface area contributed by atoms with Crippen molar-refractivity contribution in [1.82, 2.24) is 10.1 Å². The van der Waals surface area contributed by atoms with E-state index in [-0.39, 0.29) is 6.04 Å². The highest BCUT2D eigenvalue weighted by molar-refractivity contribution is 4.99. The van der Waals surface area contributed by atoms with E-state index in [0.717, 1.165) is 6.42 Å². The molecule has 1 aliphatic rings. The smallest absolute Gasteiger partial charge is 0.226 e. The van der Waals surface area contributed by atoms with Crippen LogP contribution in [0.5, 0.6) is 0 Å². The summed E-state index contributed by atoms with van der Waals surface area (Å²) in [6.07, 6.45) is 3.24. The summed E-state index contributed by atoms with van der Waals surface area (Å²) >= 11 is 0. The summed E-state index contributed by atoms with van der Waals surface area (Å²) < 4.78 is 5.13. The molecule has 0 aromatic carbocycles. The highest BCUT2D eigenvalue weighted by Gasteiger charge is 2.32. The summed E-state index contributed by atoms with van der Waals surface area (Å²) in [5.74, 6) is 2.52. The van der Waals surface area contributed by atoms with Crippen LogP contribution >= 0.6 is 0 Å². The molecule has 1 heterocycles. The minimum atomic E-state index is -0.0142. The molecule has 4 nitrogen and oxygen atoms in total. The van der Waals surface area contributed by atoms with Crippen molar-refractivity contribution in [3.8, 4) is 0 Å². The van der Waals surface area contributed by atoms with Crippen molar-refractivity contribution in [3.63, 3.8) is 0 Å². The maximum Gasteiger partial charge on any atom is 0.226 e. The molecule has 2 rings (SSSR count). The molecule has 78 valence electrons. The second-order valence-corrected chi connectivity index (χ2v) is 4.51. The molecule has 0 aliphatic heterocycles. The lowest BCUT2D eigenvalue weighted by molar-refractivity contribution is 0.354. The fraction of sp³-hybridized carbons (Fsp3) is 0.800. The average molecular weight is 195 g/mol. The van der Waals surface area contributed by atoms with Gasteiger partial charge in [0.05, 0.1) is 6.04 Å². The van der Waals surface area contributed by atoms with Gasteiger partial charge < -0.3 is 10.3 Å². The van der Waals surface area contributed by atoms with E-state index in [9.17, 15) is 0 Å². The SMILES string of the molecule is CC(C)Cc1nc(C(N)C2CC2)no1. The molecule has 2 N–H and O–H groups in total. The van der Waals surface area contributed by atoms with Crippen LogP contribution in [0.3, 0.4) is 0 Å². The van der Waals surface area contributed by atoms with E-state index < -0.39 is 0 Å². The Morgan fingerprint density at radius 3 is 2.79 bits per heavy atom. The molecule has 1 fully saturated rings. The first kappa shape index (κ1) is 9.65. The molecule has 1 aliphatic carbocycles. The fourth-order valence-corrected chi connectivity index (χ4v) is 1.50. The van der Waals surface area contributed by atoms with Crippen LogP contribution in [0.25, 0.3) is 0 Å². The molecule has 0 spiro atoms. The highest BCUT2D eigenvalue weighted by Crippen LogP contribution is 2.38. The second kappa shape index (κ2) is 3.69. The van der Waals surface area contributed by atoms with Crippen LogP contribution in [0.4, 0.5) is 0 Å². The maximum atomic E-state index is 5.96. The van der Waals surface area contributed by atoms with Gasteiger partial charge in [-0.25, -0.2) is 0 Å². The van der Waals surface area contributed by atoms with Gasteiger partial charge in [-0.1, -0.05) is 19.0 Å². The molecule has 0 saturated heterocycles. The summed E-state index contributed by atoms with van der Waals surface area (Å²) in [6.45, 7) is 4.26. The van der Waals surface area contributed by atoms with E-state index in [2.05, 4.69) is 24.0 Å². The molecule has 1 saturated carbocycles. The van der Waals surface area contributed by atoms with Gasteiger partial charge in [-0.2, -0.15) is 4.98 Å². The molecule has 1 aromatic heterocycles. The molecule has 4 heteroatoms. The van der Waals surface area contributed by atoms with Crippen molar-refractivity contribution in [3.05, 3.63) is 11.7 Å². The molecule has 0 amide bonds. The Labute approximate surface area is 83.9 Å². The van der Waals surface area contributed by atoms with Crippen molar-refractivity contribution in [2.45, 2.75) is 39.2 Å². The van der Waals surface area contributed by atoms with E-state index in [1.807, 2.05) is 0 Å². The molecule has 0 radical (unpaired) electrons. The number of hydrogen-bond acceptors (Lipinski definition) is 4. The summed E-state index contributed by atoms with van der Waals surface area (Å²) in [6, 6.07) is -0.0142. The average Bonchev–Trinajstić information content (AvgIpc) is 2.86. The fourth-order valence-electron chi connectivity index (χ4n) is 1.50. The molecular formula is C10H17N3O. The molecule has 1 unspecified atom stereocenters. The normalized spacial score (nSPS) is 18.9. The largest absolute Gasteiger partial charge is 0.339 e. The lowest BCUT2D eigenvalue weighted by Gasteiger charge is -2.02. The van der Waals surface area contributed by atoms with Crippen LogP contribution in [0.1, 0.15) is 44.4 Å². The second-order valence-electron chi connectivity index (χ2n) is 4.51. The number of rotatable bonds is 4. The molecular weight excluding hydrogens is 178 g/mol. The van der Waals surface area contributed by atoms with Crippen molar-refractivity contribution >= 4 is 0 Å². The predicted octanol–water partition coefficient (Wildman–Crippen LogP) is 1.68. The quantitative estimate of drug-likeness (QED) is 0.793. The van der Waals surface area contributed by atoms with Crippen LogP contribution in [0.2, 0.25) is 0 Å². The van der Waals surface area contributed by atoms with Gasteiger partial charge >= 0.3 is 0 Å². The number of hydrogen-bond donors (Lipinski definition) is 1. The Morgan fingerprint density at radius 1 is 1.50 bits per heavy atom. The van der Waals surface area contributed by atoms with Gasteiger partial charge in [-0.15, -0.1) is 0 Å². The molecule has 1 atom stereocenters. The topological polar surface area (TPSA) is 64.9 Å². The summed E-state index contributed by atoms with van der Waals surface area (Å²) in [4.78, 5) is 4.31. The van der Waals surface area contributed by atoms with Crippen molar-refractivity contribution in [2.24, 2.45) is 17.6 Å². The maximum absolute atomic E-state index is 5.96. The van der Waals surface area contributed by atoms with Crippen molar-refractivity contribution < 1.29 is 4.52 Å². The van der Waals surface area contributed by atoms with E-state index in [1.54, 1.807) is 0 Å². The summed E-state index contributed by atoms with van der Waals surface area (Å²) in [5, 5.41) is 3.92. The zero-order valence-corrected chi connectivity index (χ0v) is 8.73. The van der Waals surface area contributed by atoms with E-state index >= 15 is 0 Å². The van der Waals surface area contributed by atoms with E-state index in [4.69, 9.17) is 10.3 Å². The van der Waals surface area contributed by atoms with Gasteiger partial charge in [0.25, 0.3) is 0 Å². The van der Waals surface area contributed by atoms with E-state index in [0.29, 0.717) is 23.6 Å². The third kappa shape index (κ3) is 2.12. The lowest BCUT2D eigenvalue weighted by Crippen LogP contribution is -2.14. The first-order valence-corrected chi connectivity index (χ1v) is 5.25. The first-order chi connectivity index (χ1) is 6.66. The van der Waals surface area contributed by atoms with Gasteiger partial charge in [0.1, 0.15) is 0 Å². The van der Waals surface area contributed by atoms with Crippen LogP contribution in [0.15, 0.2) is 4.52 Å². The summed E-state index contributed by atoms with van der Waals surface area (Å²) in [7, 11) is 0. The molecule has 1 aromatic rings. The van der Waals surface area contributed by atoms with Gasteiger partial charge in [0.2, 0.25) is 5.89 Å². The van der Waals surface area contributed by atoms with E-state index in [1.165, 1.54) is 12.8 Å². The highest BCUT2D eigenvalue weighted by atomic mass is 16.5. The number of aromatic nitrogens is 2. The standard InChI is InChI=1S/C10H17N3O/c1-6(2)5-8-12-10(13-14-8)9(11)7-3-4-7/h6-7,9H,3-5,11H2,1-2H3. The van der Waals surface area contributed by atoms with Gasteiger partial charge in [0, 0.05) is 6.42 Å². The van der Waals surface area contributed by atoms with Crippen molar-refractivity contribution in [1.29, 1.82) is 0 Å². The Bertz CT molecular complexity index is 304. The minimum absolute atomic E-state index is 0.0142. The van der Waals surface area contributed by atoms with Crippen LogP contribution in [0, 0.1) is 11.8 Å². The Morgan fingerprint density at radius 2 is 2.21 bits per heavy atom.